The maximum atomic E-state index is 2.56. The Morgan fingerprint density at radius 2 is 1.04 bits per heavy atom. The van der Waals surface area contributed by atoms with Crippen LogP contribution in [-0.2, 0) is 10.8 Å². The van der Waals surface area contributed by atoms with E-state index in [1.807, 2.05) is 11.8 Å². The highest BCUT2D eigenvalue weighted by atomic mass is 32.2. The fourth-order valence-corrected chi connectivity index (χ4v) is 12.1. The first-order chi connectivity index (χ1) is 27.0. The fourth-order valence-electron chi connectivity index (χ4n) is 10.9. The van der Waals surface area contributed by atoms with Crippen LogP contribution in [0, 0.1) is 0 Å². The summed E-state index contributed by atoms with van der Waals surface area (Å²) in [5, 5.41) is 5.16. The molecule has 1 unspecified atom stereocenters. The summed E-state index contributed by atoms with van der Waals surface area (Å²) in [7, 11) is 0. The third-order valence-electron chi connectivity index (χ3n) is 13.2. The van der Waals surface area contributed by atoms with Crippen molar-refractivity contribution in [3.05, 3.63) is 203 Å². The zero-order valence-corrected chi connectivity index (χ0v) is 31.3. The van der Waals surface area contributed by atoms with Gasteiger partial charge in [0.2, 0.25) is 0 Å². The molecule has 0 saturated heterocycles. The monoisotopic (exact) mass is 718 g/mol. The Balaban J connectivity index is 1.15. The molecule has 3 heteroatoms. The van der Waals surface area contributed by atoms with Crippen LogP contribution in [0.1, 0.15) is 47.2 Å². The van der Waals surface area contributed by atoms with Gasteiger partial charge in [0.15, 0.2) is 0 Å². The maximum absolute atomic E-state index is 2.56. The number of hydrogen-bond donors (Lipinski definition) is 0. The Morgan fingerprint density at radius 3 is 1.89 bits per heavy atom. The summed E-state index contributed by atoms with van der Waals surface area (Å²) >= 11 is 1.92. The van der Waals surface area contributed by atoms with E-state index in [9.17, 15) is 0 Å². The van der Waals surface area contributed by atoms with E-state index in [2.05, 4.69) is 193 Å². The Kier molecular flexibility index (Phi) is 5.61. The van der Waals surface area contributed by atoms with Crippen LogP contribution in [-0.4, -0.2) is 9.13 Å². The lowest BCUT2D eigenvalue weighted by molar-refractivity contribution is 0.660. The number of fused-ring (bicyclic) bond motifs is 17. The summed E-state index contributed by atoms with van der Waals surface area (Å²) in [5.41, 5.74) is 17.8. The molecule has 1 atom stereocenters. The van der Waals surface area contributed by atoms with Crippen molar-refractivity contribution in [1.82, 2.24) is 9.13 Å². The number of para-hydroxylation sites is 4. The normalized spacial score (nSPS) is 17.1. The van der Waals surface area contributed by atoms with Crippen molar-refractivity contribution >= 4 is 55.4 Å². The van der Waals surface area contributed by atoms with Crippen molar-refractivity contribution in [3.8, 4) is 22.5 Å². The predicted octanol–water partition coefficient (Wildman–Crippen LogP) is 13.3. The molecular weight excluding hydrogens is 685 g/mol. The molecule has 4 heterocycles. The van der Waals surface area contributed by atoms with Crippen LogP contribution in [0.5, 0.6) is 0 Å². The molecule has 13 rings (SSSR count). The topological polar surface area (TPSA) is 9.86 Å². The molecule has 2 nitrogen and oxygen atoms in total. The van der Waals surface area contributed by atoms with E-state index >= 15 is 0 Å². The van der Waals surface area contributed by atoms with E-state index < -0.39 is 5.41 Å². The van der Waals surface area contributed by atoms with Crippen LogP contribution in [0.25, 0.3) is 66.1 Å². The number of rotatable bonds is 1. The molecule has 1 aliphatic carbocycles. The molecule has 0 saturated carbocycles. The first-order valence-corrected chi connectivity index (χ1v) is 20.1. The zero-order chi connectivity index (χ0) is 36.2. The van der Waals surface area contributed by atoms with Crippen LogP contribution in [0.4, 0.5) is 0 Å². The first-order valence-electron chi connectivity index (χ1n) is 19.3. The van der Waals surface area contributed by atoms with Gasteiger partial charge in [-0.1, -0.05) is 147 Å². The molecular formula is C52H34N2S. The molecule has 0 radical (unpaired) electrons. The molecule has 1 spiro atoms. The van der Waals surface area contributed by atoms with Gasteiger partial charge >= 0.3 is 0 Å². The highest BCUT2D eigenvalue weighted by Gasteiger charge is 2.49. The minimum atomic E-state index is -0.515. The van der Waals surface area contributed by atoms with Gasteiger partial charge in [-0.2, -0.15) is 0 Å². The van der Waals surface area contributed by atoms with Crippen molar-refractivity contribution in [3.63, 3.8) is 0 Å². The van der Waals surface area contributed by atoms with Crippen LogP contribution < -0.4 is 0 Å². The molecule has 10 aromatic rings. The maximum Gasteiger partial charge on any atom is 0.0764 e. The third kappa shape index (κ3) is 3.54. The molecule has 55 heavy (non-hydrogen) atoms. The third-order valence-corrected chi connectivity index (χ3v) is 14.3. The van der Waals surface area contributed by atoms with Gasteiger partial charge in [-0.05, 0) is 93.0 Å². The number of benzene rings is 8. The molecule has 2 aliphatic heterocycles. The second-order valence-corrected chi connectivity index (χ2v) is 17.1. The summed E-state index contributed by atoms with van der Waals surface area (Å²) < 4.78 is 5.05. The van der Waals surface area contributed by atoms with Gasteiger partial charge < -0.3 is 9.13 Å². The van der Waals surface area contributed by atoms with Crippen LogP contribution >= 0.6 is 11.8 Å². The molecule has 0 N–H and O–H groups in total. The first kappa shape index (κ1) is 30.1. The van der Waals surface area contributed by atoms with E-state index in [0.717, 1.165) is 0 Å². The van der Waals surface area contributed by atoms with Crippen molar-refractivity contribution < 1.29 is 0 Å². The van der Waals surface area contributed by atoms with Gasteiger partial charge in [0, 0.05) is 42.4 Å². The molecule has 0 fully saturated rings. The average molecular weight is 719 g/mol. The van der Waals surface area contributed by atoms with E-state index in [0.29, 0.717) is 0 Å². The predicted molar refractivity (Wildman–Crippen MR) is 229 cm³/mol. The molecule has 2 aromatic heterocycles. The van der Waals surface area contributed by atoms with Gasteiger partial charge in [-0.3, -0.25) is 0 Å². The molecule has 3 aliphatic rings. The Labute approximate surface area is 323 Å². The van der Waals surface area contributed by atoms with Crippen molar-refractivity contribution in [1.29, 1.82) is 0 Å². The lowest BCUT2D eigenvalue weighted by Gasteiger charge is -2.45. The van der Waals surface area contributed by atoms with E-state index in [1.165, 1.54) is 109 Å². The lowest BCUT2D eigenvalue weighted by atomic mass is 9.62. The van der Waals surface area contributed by atoms with E-state index in [-0.39, 0.29) is 5.41 Å². The zero-order valence-electron chi connectivity index (χ0n) is 30.5. The molecule has 258 valence electrons. The number of nitrogens with zero attached hydrogens (tertiary/aromatic N) is 2. The fraction of sp³-hybridized carbons (Fsp3) is 0.0769. The molecule has 0 amide bonds. The standard InChI is InChI=1S/C52H34N2S/c1-51(2)38-18-6-3-14-32(38)33-27-26-31(28-42(33)51)53-44-22-9-5-16-35(44)37-29-43-49(30-47(37)53)55-48-25-12-8-20-40(48)52(43)39-19-7-11-24-46(39)54-45-23-10-4-15-34(45)36-17-13-21-41(52)50(36)54/h3-30H,1-2H3. The van der Waals surface area contributed by atoms with Crippen molar-refractivity contribution in [2.45, 2.75) is 34.5 Å². The SMILES string of the molecule is CC1(C)c2ccccc2-c2ccc(-n3c4ccccc4c4cc5c(cc43)Sc3ccccc3C53c4ccccc4-n4c5ccccc5c5cccc3c54)cc21. The summed E-state index contributed by atoms with van der Waals surface area (Å²) in [6.45, 7) is 4.75. The quantitative estimate of drug-likeness (QED) is 0.164. The van der Waals surface area contributed by atoms with Gasteiger partial charge in [0.25, 0.3) is 0 Å². The van der Waals surface area contributed by atoms with Crippen molar-refractivity contribution in [2.75, 3.05) is 0 Å². The Bertz CT molecular complexity index is 3340. The van der Waals surface area contributed by atoms with Gasteiger partial charge in [0.05, 0.1) is 33.2 Å². The summed E-state index contributed by atoms with van der Waals surface area (Å²) in [4.78, 5) is 2.62. The Hall–Kier alpha value is -6.29. The molecule has 8 aromatic carbocycles. The largest absolute Gasteiger partial charge is 0.309 e. The van der Waals surface area contributed by atoms with Gasteiger partial charge in [0.1, 0.15) is 0 Å². The second kappa shape index (κ2) is 10.3. The van der Waals surface area contributed by atoms with Gasteiger partial charge in [-0.25, -0.2) is 0 Å². The second-order valence-electron chi connectivity index (χ2n) is 16.0. The highest BCUT2D eigenvalue weighted by Crippen LogP contribution is 2.61. The average Bonchev–Trinajstić information content (AvgIpc) is 3.82. The van der Waals surface area contributed by atoms with Crippen LogP contribution in [0.3, 0.4) is 0 Å². The summed E-state index contributed by atoms with van der Waals surface area (Å²) in [6, 6.07) is 64.4. The number of hydrogen-bond acceptors (Lipinski definition) is 1. The number of aromatic nitrogens is 2. The Morgan fingerprint density at radius 1 is 0.400 bits per heavy atom. The lowest BCUT2D eigenvalue weighted by Crippen LogP contribution is -2.37. The summed E-state index contributed by atoms with van der Waals surface area (Å²) in [5.74, 6) is 0. The minimum Gasteiger partial charge on any atom is -0.309 e. The minimum absolute atomic E-state index is 0.0797. The van der Waals surface area contributed by atoms with E-state index in [1.54, 1.807) is 0 Å². The van der Waals surface area contributed by atoms with Crippen molar-refractivity contribution in [2.24, 2.45) is 0 Å². The summed E-state index contributed by atoms with van der Waals surface area (Å²) in [6.07, 6.45) is 0. The van der Waals surface area contributed by atoms with Gasteiger partial charge in [-0.15, -0.1) is 0 Å². The smallest absolute Gasteiger partial charge is 0.0764 e. The molecule has 0 bridgehead atoms. The van der Waals surface area contributed by atoms with Crippen LogP contribution in [0.15, 0.2) is 180 Å². The van der Waals surface area contributed by atoms with E-state index in [4.69, 9.17) is 0 Å². The highest BCUT2D eigenvalue weighted by molar-refractivity contribution is 7.99. The van der Waals surface area contributed by atoms with Crippen LogP contribution in [0.2, 0.25) is 0 Å².